The van der Waals surface area contributed by atoms with Gasteiger partial charge in [-0.05, 0) is 61.1 Å². The lowest BCUT2D eigenvalue weighted by atomic mass is 9.90. The molecule has 0 saturated heterocycles. The van der Waals surface area contributed by atoms with E-state index in [1.54, 1.807) is 19.2 Å². The van der Waals surface area contributed by atoms with Gasteiger partial charge in [-0.3, -0.25) is 0 Å². The molecule has 1 heterocycles. The number of nitrogens with one attached hydrogen (secondary N) is 1. The van der Waals surface area contributed by atoms with Gasteiger partial charge in [0, 0.05) is 17.1 Å². The zero-order valence-corrected chi connectivity index (χ0v) is 16.1. The minimum atomic E-state index is -4.51. The van der Waals surface area contributed by atoms with E-state index in [1.807, 2.05) is 26.8 Å². The normalized spacial score (nSPS) is 12.9. The number of hydrogen-bond donors (Lipinski definition) is 2. The van der Waals surface area contributed by atoms with Gasteiger partial charge in [-0.25, -0.2) is 0 Å². The van der Waals surface area contributed by atoms with Crippen LogP contribution < -0.4 is 0 Å². The van der Waals surface area contributed by atoms with Crippen LogP contribution in [0.3, 0.4) is 0 Å². The molecule has 0 aliphatic rings. The van der Waals surface area contributed by atoms with Gasteiger partial charge in [0.1, 0.15) is 0 Å². The van der Waals surface area contributed by atoms with Gasteiger partial charge in [-0.2, -0.15) is 13.2 Å². The predicted octanol–water partition coefficient (Wildman–Crippen LogP) is 7.25. The standard InChI is InChI=1S/C19H22F3NO.C2H6/c1-4-5-6-14-7-8-16-17(13(3)10-23-16)18(14)15(19(20,21)22)9-12(2)11-24;1-2/h7-11,23-24H,4-6H2,1-3H3;1-2H3/b12-11+,15-9+;. The molecule has 0 fully saturated rings. The monoisotopic (exact) mass is 367 g/mol. The van der Waals surface area contributed by atoms with E-state index in [-0.39, 0.29) is 11.1 Å². The van der Waals surface area contributed by atoms with Crippen molar-refractivity contribution in [1.82, 2.24) is 4.98 Å². The smallest absolute Gasteiger partial charge is 0.417 e. The Balaban J connectivity index is 0.00000163. The molecule has 0 aliphatic carbocycles. The van der Waals surface area contributed by atoms with Crippen molar-refractivity contribution >= 4 is 16.5 Å². The molecule has 2 nitrogen and oxygen atoms in total. The van der Waals surface area contributed by atoms with Crippen molar-refractivity contribution in [2.75, 3.05) is 0 Å². The van der Waals surface area contributed by atoms with Gasteiger partial charge in [-0.15, -0.1) is 0 Å². The summed E-state index contributed by atoms with van der Waals surface area (Å²) in [5.41, 5.74) is 1.80. The third-order valence-corrected chi connectivity index (χ3v) is 4.08. The molecule has 0 unspecified atom stereocenters. The highest BCUT2D eigenvalue weighted by atomic mass is 19.4. The molecule has 1 aromatic heterocycles. The van der Waals surface area contributed by atoms with E-state index in [9.17, 15) is 13.2 Å². The summed E-state index contributed by atoms with van der Waals surface area (Å²) in [4.78, 5) is 3.03. The maximum Gasteiger partial charge on any atom is 0.417 e. The second kappa shape index (κ2) is 9.51. The summed E-state index contributed by atoms with van der Waals surface area (Å²) in [6.45, 7) is 9.26. The number of H-pyrrole nitrogens is 1. The first-order valence-electron chi connectivity index (χ1n) is 8.99. The summed E-state index contributed by atoms with van der Waals surface area (Å²) in [5.74, 6) is 0. The van der Waals surface area contributed by atoms with Gasteiger partial charge >= 0.3 is 6.18 Å². The number of aliphatic hydroxyl groups is 1. The van der Waals surface area contributed by atoms with Crippen molar-refractivity contribution in [2.24, 2.45) is 0 Å². The van der Waals surface area contributed by atoms with Crippen LogP contribution in [0.5, 0.6) is 0 Å². The van der Waals surface area contributed by atoms with Crippen molar-refractivity contribution in [3.05, 3.63) is 52.9 Å². The number of aliphatic hydroxyl groups excluding tert-OH is 1. The number of aromatic nitrogens is 1. The van der Waals surface area contributed by atoms with Crippen molar-refractivity contribution in [1.29, 1.82) is 0 Å². The van der Waals surface area contributed by atoms with Crippen LogP contribution in [0, 0.1) is 6.92 Å². The van der Waals surface area contributed by atoms with Crippen LogP contribution in [0.4, 0.5) is 13.2 Å². The second-order valence-electron chi connectivity index (χ2n) is 6.03. The SMILES string of the molecule is CC.CCCCc1ccc2[nH]cc(C)c2c1/C(=C\C(C)=C\O)C(F)(F)F. The Morgan fingerprint density at radius 2 is 1.88 bits per heavy atom. The van der Waals surface area contributed by atoms with Crippen molar-refractivity contribution < 1.29 is 18.3 Å². The van der Waals surface area contributed by atoms with Crippen LogP contribution in [0.1, 0.15) is 57.2 Å². The summed E-state index contributed by atoms with van der Waals surface area (Å²) < 4.78 is 41.3. The number of alkyl halides is 3. The molecule has 0 aliphatic heterocycles. The first kappa shape index (κ1) is 21.9. The number of aryl methyl sites for hydroxylation is 2. The predicted molar refractivity (Wildman–Crippen MR) is 103 cm³/mol. The Kier molecular flexibility index (Phi) is 8.00. The molecule has 0 saturated carbocycles. The number of fused-ring (bicyclic) bond motifs is 1. The number of unbranched alkanes of at least 4 members (excludes halogenated alkanes) is 1. The number of aromatic amines is 1. The van der Waals surface area contributed by atoms with E-state index >= 15 is 0 Å². The largest absolute Gasteiger partial charge is 0.515 e. The van der Waals surface area contributed by atoms with E-state index in [2.05, 4.69) is 4.98 Å². The highest BCUT2D eigenvalue weighted by molar-refractivity contribution is 5.97. The molecule has 0 radical (unpaired) electrons. The second-order valence-corrected chi connectivity index (χ2v) is 6.03. The summed E-state index contributed by atoms with van der Waals surface area (Å²) in [6, 6.07) is 3.60. The van der Waals surface area contributed by atoms with E-state index in [0.717, 1.165) is 24.5 Å². The Morgan fingerprint density at radius 1 is 1.23 bits per heavy atom. The molecule has 2 aromatic rings. The third-order valence-electron chi connectivity index (χ3n) is 4.08. The molecular weight excluding hydrogens is 339 g/mol. The Hall–Kier alpha value is -2.17. The number of halogens is 3. The number of benzene rings is 1. The molecule has 144 valence electrons. The van der Waals surface area contributed by atoms with Crippen molar-refractivity contribution in [3.8, 4) is 0 Å². The Labute approximate surface area is 153 Å². The van der Waals surface area contributed by atoms with Crippen LogP contribution in [0.15, 0.2) is 36.2 Å². The minimum Gasteiger partial charge on any atom is -0.515 e. The van der Waals surface area contributed by atoms with Gasteiger partial charge in [0.2, 0.25) is 0 Å². The van der Waals surface area contributed by atoms with E-state index in [0.29, 0.717) is 29.1 Å². The number of hydrogen-bond acceptors (Lipinski definition) is 1. The first-order chi connectivity index (χ1) is 12.3. The van der Waals surface area contributed by atoms with Crippen LogP contribution >= 0.6 is 0 Å². The highest BCUT2D eigenvalue weighted by Crippen LogP contribution is 2.41. The lowest BCUT2D eigenvalue weighted by Crippen LogP contribution is -2.13. The summed E-state index contributed by atoms with van der Waals surface area (Å²) in [7, 11) is 0. The number of allylic oxidation sites excluding steroid dienone is 3. The Bertz CT molecular complexity index is 782. The van der Waals surface area contributed by atoms with Crippen molar-refractivity contribution in [2.45, 2.75) is 60.1 Å². The summed E-state index contributed by atoms with van der Waals surface area (Å²) in [5, 5.41) is 9.65. The molecule has 26 heavy (non-hydrogen) atoms. The van der Waals surface area contributed by atoms with Gasteiger partial charge in [-0.1, -0.05) is 33.3 Å². The molecule has 1 aromatic carbocycles. The van der Waals surface area contributed by atoms with Gasteiger partial charge < -0.3 is 10.1 Å². The van der Waals surface area contributed by atoms with Crippen molar-refractivity contribution in [3.63, 3.8) is 0 Å². The number of rotatable bonds is 5. The Morgan fingerprint density at radius 3 is 2.42 bits per heavy atom. The molecule has 0 spiro atoms. The molecular formula is C21H28F3NO. The fourth-order valence-corrected chi connectivity index (χ4v) is 2.88. The van der Waals surface area contributed by atoms with E-state index < -0.39 is 11.7 Å². The van der Waals surface area contributed by atoms with Gasteiger partial charge in [0.05, 0.1) is 11.8 Å². The van der Waals surface area contributed by atoms with Crippen LogP contribution in [0.2, 0.25) is 0 Å². The van der Waals surface area contributed by atoms with Crippen LogP contribution in [-0.2, 0) is 6.42 Å². The van der Waals surface area contributed by atoms with E-state index in [4.69, 9.17) is 5.11 Å². The maximum absolute atomic E-state index is 13.8. The fraction of sp³-hybridized carbons (Fsp3) is 0.429. The van der Waals surface area contributed by atoms with E-state index in [1.165, 1.54) is 6.92 Å². The summed E-state index contributed by atoms with van der Waals surface area (Å²) in [6.07, 6.45) is 1.23. The summed E-state index contributed by atoms with van der Waals surface area (Å²) >= 11 is 0. The molecule has 5 heteroatoms. The zero-order chi connectivity index (χ0) is 19.9. The van der Waals surface area contributed by atoms with Crippen LogP contribution in [0.25, 0.3) is 16.5 Å². The first-order valence-corrected chi connectivity index (χ1v) is 8.99. The molecule has 0 bridgehead atoms. The highest BCUT2D eigenvalue weighted by Gasteiger charge is 2.37. The molecule has 2 rings (SSSR count). The lowest BCUT2D eigenvalue weighted by Gasteiger charge is -2.18. The topological polar surface area (TPSA) is 36.0 Å². The average Bonchev–Trinajstić information content (AvgIpc) is 2.99. The fourth-order valence-electron chi connectivity index (χ4n) is 2.88. The minimum absolute atomic E-state index is 0.161. The maximum atomic E-state index is 13.8. The van der Waals surface area contributed by atoms with Gasteiger partial charge in [0.15, 0.2) is 0 Å². The molecule has 2 N–H and O–H groups in total. The zero-order valence-electron chi connectivity index (χ0n) is 16.1. The lowest BCUT2D eigenvalue weighted by molar-refractivity contribution is -0.0689. The van der Waals surface area contributed by atoms with Crippen LogP contribution in [-0.4, -0.2) is 16.3 Å². The van der Waals surface area contributed by atoms with Gasteiger partial charge in [0.25, 0.3) is 0 Å². The average molecular weight is 367 g/mol. The molecule has 0 atom stereocenters. The third kappa shape index (κ3) is 4.93. The quantitative estimate of drug-likeness (QED) is 0.423. The molecule has 0 amide bonds.